The highest BCUT2D eigenvalue weighted by Gasteiger charge is 2.75. The first-order valence-electron chi connectivity index (χ1n) is 8.58. The average Bonchev–Trinajstić information content (AvgIpc) is 3.25. The van der Waals surface area contributed by atoms with E-state index < -0.39 is 11.3 Å². The Hall–Kier alpha value is -1.71. The summed E-state index contributed by atoms with van der Waals surface area (Å²) in [5.41, 5.74) is -1.24. The molecule has 3 unspecified atom stereocenters. The Morgan fingerprint density at radius 3 is 2.83 bits per heavy atom. The molecule has 4 aliphatic rings. The van der Waals surface area contributed by atoms with Crippen LogP contribution in [0.1, 0.15) is 37.1 Å². The topological polar surface area (TPSA) is 112 Å². The fourth-order valence-electron chi connectivity index (χ4n) is 5.40. The molecule has 0 aromatic carbocycles. The normalized spacial score (nSPS) is 39.0. The van der Waals surface area contributed by atoms with Gasteiger partial charge >= 0.3 is 0 Å². The van der Waals surface area contributed by atoms with Crippen molar-refractivity contribution in [1.29, 1.82) is 0 Å². The van der Waals surface area contributed by atoms with Crippen molar-refractivity contribution in [3.63, 3.8) is 0 Å². The Kier molecular flexibility index (Phi) is 2.85. The summed E-state index contributed by atoms with van der Waals surface area (Å²) in [6.45, 7) is 2.52. The Bertz CT molecular complexity index is 727. The molecule has 130 valence electrons. The van der Waals surface area contributed by atoms with Gasteiger partial charge in [0.15, 0.2) is 0 Å². The number of hydroxylamine groups is 1. The molecule has 2 aliphatic heterocycles. The maximum atomic E-state index is 13.4. The van der Waals surface area contributed by atoms with Gasteiger partial charge in [0.1, 0.15) is 0 Å². The van der Waals surface area contributed by atoms with Crippen molar-refractivity contribution in [1.82, 2.24) is 10.1 Å². The van der Waals surface area contributed by atoms with Crippen LogP contribution in [0.25, 0.3) is 0 Å². The third-order valence-electron chi connectivity index (χ3n) is 6.36. The number of hydrogen-bond acceptors (Lipinski definition) is 7. The molecular formula is C15H20N4O5. The van der Waals surface area contributed by atoms with Gasteiger partial charge in [0.05, 0.1) is 19.1 Å². The predicted molar refractivity (Wildman–Crippen MR) is 78.8 cm³/mol. The maximum Gasteiger partial charge on any atom is 0.263 e. The van der Waals surface area contributed by atoms with Gasteiger partial charge in [-0.3, -0.25) is 4.63 Å². The second kappa shape index (κ2) is 4.68. The highest BCUT2D eigenvalue weighted by Crippen LogP contribution is 2.56. The molecule has 1 aromatic rings. The van der Waals surface area contributed by atoms with Gasteiger partial charge in [-0.15, -0.1) is 0 Å². The Labute approximate surface area is 138 Å². The molecule has 0 radical (unpaired) electrons. The second-order valence-electron chi connectivity index (χ2n) is 7.16. The summed E-state index contributed by atoms with van der Waals surface area (Å²) in [7, 11) is 0. The van der Waals surface area contributed by atoms with Crippen LogP contribution in [0.15, 0.2) is 4.63 Å². The molecule has 24 heavy (non-hydrogen) atoms. The van der Waals surface area contributed by atoms with Gasteiger partial charge in [0.2, 0.25) is 22.7 Å². The lowest BCUT2D eigenvalue weighted by Gasteiger charge is -2.41. The average molecular weight is 336 g/mol. The van der Waals surface area contributed by atoms with E-state index in [0.29, 0.717) is 61.9 Å². The van der Waals surface area contributed by atoms with Crippen LogP contribution in [0, 0.1) is 16.3 Å². The molecular weight excluding hydrogens is 316 g/mol. The molecule has 1 N–H and O–H groups in total. The van der Waals surface area contributed by atoms with Crippen LogP contribution in [-0.4, -0.2) is 57.6 Å². The van der Waals surface area contributed by atoms with Gasteiger partial charge < -0.3 is 20.3 Å². The summed E-state index contributed by atoms with van der Waals surface area (Å²) >= 11 is 0. The number of fused-ring (bicyclic) bond motifs is 5. The van der Waals surface area contributed by atoms with E-state index >= 15 is 0 Å². The summed E-state index contributed by atoms with van der Waals surface area (Å²) in [4.78, 5) is 2.53. The molecule has 2 fully saturated rings. The number of aromatic nitrogens is 2. The fourth-order valence-corrected chi connectivity index (χ4v) is 5.40. The van der Waals surface area contributed by atoms with E-state index in [0.717, 1.165) is 17.6 Å². The van der Waals surface area contributed by atoms with E-state index in [1.54, 1.807) is 0 Å². The van der Waals surface area contributed by atoms with Crippen LogP contribution in [0.4, 0.5) is 0 Å². The standard InChI is InChI=1S/C15H20N4O5/c20-15-11-2-1-5-14(11,17-6-8-23-9-7-17)18(21)12(15)4-3-10-13(15)16-24-19(10)22/h11,20H,1-9H2. The minimum absolute atomic E-state index is 0.238. The number of aliphatic hydroxyl groups is 1. The zero-order valence-corrected chi connectivity index (χ0v) is 13.3. The highest BCUT2D eigenvalue weighted by atomic mass is 16.8. The maximum absolute atomic E-state index is 13.4. The molecule has 3 heterocycles. The number of ether oxygens (including phenoxy) is 1. The largest absolute Gasteiger partial charge is 0.622 e. The smallest absolute Gasteiger partial charge is 0.263 e. The van der Waals surface area contributed by atoms with Crippen LogP contribution >= 0.6 is 0 Å². The highest BCUT2D eigenvalue weighted by molar-refractivity contribution is 5.92. The lowest BCUT2D eigenvalue weighted by atomic mass is 9.73. The summed E-state index contributed by atoms with van der Waals surface area (Å²) in [6.07, 6.45) is 3.02. The molecule has 0 amide bonds. The molecule has 1 saturated carbocycles. The van der Waals surface area contributed by atoms with Crippen molar-refractivity contribution in [2.24, 2.45) is 5.92 Å². The van der Waals surface area contributed by atoms with Crippen LogP contribution < -0.4 is 4.90 Å². The fraction of sp³-hybridized carbons (Fsp3) is 0.800. The number of morpholine rings is 1. The molecule has 0 spiro atoms. The van der Waals surface area contributed by atoms with Gasteiger partial charge in [0, 0.05) is 37.5 Å². The number of nitrogens with zero attached hydrogens (tertiary/aromatic N) is 4. The molecule has 9 heteroatoms. The second-order valence-corrected chi connectivity index (χ2v) is 7.16. The molecule has 3 atom stereocenters. The molecule has 1 saturated heterocycles. The first-order chi connectivity index (χ1) is 11.6. The van der Waals surface area contributed by atoms with Crippen LogP contribution in [0.3, 0.4) is 0 Å². The minimum Gasteiger partial charge on any atom is -0.622 e. The number of rotatable bonds is 1. The van der Waals surface area contributed by atoms with Crippen molar-refractivity contribution in [2.75, 3.05) is 26.3 Å². The van der Waals surface area contributed by atoms with Crippen molar-refractivity contribution >= 4 is 5.71 Å². The Morgan fingerprint density at radius 1 is 1.25 bits per heavy atom. The first-order valence-corrected chi connectivity index (χ1v) is 8.58. The van der Waals surface area contributed by atoms with Gasteiger partial charge in [-0.25, -0.2) is 4.90 Å². The Morgan fingerprint density at radius 2 is 2.04 bits per heavy atom. The van der Waals surface area contributed by atoms with Gasteiger partial charge in [0.25, 0.3) is 5.69 Å². The molecule has 1 aromatic heterocycles. The zero-order chi connectivity index (χ0) is 16.5. The molecule has 5 rings (SSSR count). The van der Waals surface area contributed by atoms with E-state index in [9.17, 15) is 15.5 Å². The molecule has 2 aliphatic carbocycles. The summed E-state index contributed by atoms with van der Waals surface area (Å²) in [5, 5.41) is 40.6. The third kappa shape index (κ3) is 1.49. The Balaban J connectivity index is 1.69. The summed E-state index contributed by atoms with van der Waals surface area (Å²) in [5.74, 6) is -0.306. The van der Waals surface area contributed by atoms with E-state index in [-0.39, 0.29) is 11.6 Å². The summed E-state index contributed by atoms with van der Waals surface area (Å²) < 4.78 is 11.2. The SMILES string of the molecule is [O-][N+]1=C2CCc3c(no[n+]3[O-])C2(O)C2CCCC21N1CCOCC1. The van der Waals surface area contributed by atoms with E-state index in [1.807, 2.05) is 0 Å². The van der Waals surface area contributed by atoms with Gasteiger partial charge in [-0.05, 0) is 17.7 Å². The van der Waals surface area contributed by atoms with Crippen LogP contribution in [0.5, 0.6) is 0 Å². The monoisotopic (exact) mass is 336 g/mol. The first kappa shape index (κ1) is 14.6. The minimum atomic E-state index is -1.50. The van der Waals surface area contributed by atoms with Gasteiger partial charge in [-0.1, -0.05) is 0 Å². The van der Waals surface area contributed by atoms with Crippen LogP contribution in [-0.2, 0) is 16.8 Å². The van der Waals surface area contributed by atoms with E-state index in [4.69, 9.17) is 9.37 Å². The van der Waals surface area contributed by atoms with Crippen molar-refractivity contribution in [3.8, 4) is 0 Å². The number of hydrogen-bond donors (Lipinski definition) is 1. The molecule has 0 bridgehead atoms. The van der Waals surface area contributed by atoms with Gasteiger partial charge in [-0.2, -0.15) is 4.74 Å². The van der Waals surface area contributed by atoms with Crippen molar-refractivity contribution < 1.29 is 24.1 Å². The zero-order valence-electron chi connectivity index (χ0n) is 13.3. The van der Waals surface area contributed by atoms with E-state index in [1.165, 1.54) is 0 Å². The lowest BCUT2D eigenvalue weighted by Crippen LogP contribution is -2.60. The lowest BCUT2D eigenvalue weighted by molar-refractivity contribution is -0.808. The van der Waals surface area contributed by atoms with E-state index in [2.05, 4.69) is 10.1 Å². The van der Waals surface area contributed by atoms with Crippen molar-refractivity contribution in [2.45, 2.75) is 43.4 Å². The van der Waals surface area contributed by atoms with Crippen molar-refractivity contribution in [3.05, 3.63) is 21.8 Å². The molecule has 9 nitrogen and oxygen atoms in total. The summed E-state index contributed by atoms with van der Waals surface area (Å²) in [6, 6.07) is 0. The quantitative estimate of drug-likeness (QED) is 0.530. The predicted octanol–water partition coefficient (Wildman–Crippen LogP) is -0.765. The van der Waals surface area contributed by atoms with Crippen LogP contribution in [0.2, 0.25) is 0 Å². The third-order valence-corrected chi connectivity index (χ3v) is 6.36.